The highest BCUT2D eigenvalue weighted by Crippen LogP contribution is 2.34. The molecule has 0 saturated heterocycles. The van der Waals surface area contributed by atoms with Gasteiger partial charge in [-0.2, -0.15) is 0 Å². The van der Waals surface area contributed by atoms with Gasteiger partial charge in [0.05, 0.1) is 6.61 Å². The molecule has 0 aromatic heterocycles. The normalized spacial score (nSPS) is 18.9. The Morgan fingerprint density at radius 1 is 1.07 bits per heavy atom. The second-order valence-electron chi connectivity index (χ2n) is 8.01. The van der Waals surface area contributed by atoms with Crippen LogP contribution in [0.2, 0.25) is 0 Å². The Balaban J connectivity index is 1.46. The van der Waals surface area contributed by atoms with Crippen LogP contribution in [0.3, 0.4) is 0 Å². The highest BCUT2D eigenvalue weighted by atomic mass is 16.5. The molecule has 1 saturated carbocycles. The summed E-state index contributed by atoms with van der Waals surface area (Å²) in [6.07, 6.45) is 5.52. The minimum Gasteiger partial charge on any atom is -0.383 e. The molecule has 6 nitrogen and oxygen atoms in total. The molecule has 0 spiro atoms. The van der Waals surface area contributed by atoms with E-state index in [9.17, 15) is 9.59 Å². The second kappa shape index (κ2) is 9.30. The average molecular weight is 408 g/mol. The van der Waals surface area contributed by atoms with Crippen molar-refractivity contribution in [2.24, 2.45) is 0 Å². The number of carbonyl (C=O) groups excluding carboxylic acids is 2. The fraction of sp³-hybridized carbons (Fsp3) is 0.417. The maximum Gasteiger partial charge on any atom is 0.256 e. The van der Waals surface area contributed by atoms with Gasteiger partial charge in [0.25, 0.3) is 11.8 Å². The number of nitrogens with zero attached hydrogens (tertiary/aromatic N) is 1. The van der Waals surface area contributed by atoms with Crippen molar-refractivity contribution in [2.45, 2.75) is 44.3 Å². The van der Waals surface area contributed by atoms with Crippen LogP contribution in [0.25, 0.3) is 0 Å². The number of ether oxygens (including phenoxy) is 1. The Morgan fingerprint density at radius 2 is 1.80 bits per heavy atom. The molecule has 2 aliphatic rings. The SMILES string of the molecule is COCCN1C(=O)c2ccccc2C1Nc1ccc(C(=O)NC2CCCCC2)cc1. The van der Waals surface area contributed by atoms with Gasteiger partial charge in [0.15, 0.2) is 0 Å². The van der Waals surface area contributed by atoms with Crippen LogP contribution in [0.4, 0.5) is 5.69 Å². The number of methoxy groups -OCH3 is 1. The van der Waals surface area contributed by atoms with Gasteiger partial charge in [0.2, 0.25) is 0 Å². The zero-order valence-corrected chi connectivity index (χ0v) is 17.4. The fourth-order valence-electron chi connectivity index (χ4n) is 4.34. The van der Waals surface area contributed by atoms with Crippen molar-refractivity contribution in [3.8, 4) is 0 Å². The molecule has 1 aliphatic carbocycles. The summed E-state index contributed by atoms with van der Waals surface area (Å²) in [5.41, 5.74) is 3.19. The molecule has 0 radical (unpaired) electrons. The van der Waals surface area contributed by atoms with Crippen LogP contribution in [0, 0.1) is 0 Å². The van der Waals surface area contributed by atoms with Crippen molar-refractivity contribution >= 4 is 17.5 Å². The summed E-state index contributed by atoms with van der Waals surface area (Å²) in [7, 11) is 1.63. The van der Waals surface area contributed by atoms with E-state index in [1.165, 1.54) is 19.3 Å². The van der Waals surface area contributed by atoms with Crippen molar-refractivity contribution in [2.75, 3.05) is 25.6 Å². The maximum absolute atomic E-state index is 12.8. The maximum atomic E-state index is 12.8. The number of hydrogen-bond donors (Lipinski definition) is 2. The molecular weight excluding hydrogens is 378 g/mol. The van der Waals surface area contributed by atoms with Crippen molar-refractivity contribution in [1.82, 2.24) is 10.2 Å². The fourth-order valence-corrected chi connectivity index (χ4v) is 4.34. The van der Waals surface area contributed by atoms with Gasteiger partial charge in [0.1, 0.15) is 6.17 Å². The third kappa shape index (κ3) is 4.33. The molecule has 1 unspecified atom stereocenters. The number of benzene rings is 2. The standard InChI is InChI=1S/C24H29N3O3/c1-30-16-15-27-22(20-9-5-6-10-21(20)24(27)29)25-19-13-11-17(12-14-19)23(28)26-18-7-3-2-4-8-18/h5-6,9-14,18,22,25H,2-4,7-8,15-16H2,1H3,(H,26,28). The largest absolute Gasteiger partial charge is 0.383 e. The lowest BCUT2D eigenvalue weighted by molar-refractivity contribution is 0.0674. The van der Waals surface area contributed by atoms with Gasteiger partial charge in [-0.15, -0.1) is 0 Å². The molecule has 1 fully saturated rings. The number of fused-ring (bicyclic) bond motifs is 1. The molecule has 30 heavy (non-hydrogen) atoms. The Hall–Kier alpha value is -2.86. The van der Waals surface area contributed by atoms with E-state index in [-0.39, 0.29) is 18.0 Å². The molecule has 158 valence electrons. The Bertz CT molecular complexity index is 891. The zero-order chi connectivity index (χ0) is 20.9. The minimum atomic E-state index is -0.259. The highest BCUT2D eigenvalue weighted by molar-refractivity contribution is 5.99. The van der Waals surface area contributed by atoms with Crippen LogP contribution in [-0.4, -0.2) is 43.0 Å². The van der Waals surface area contributed by atoms with Crippen LogP contribution in [0.5, 0.6) is 0 Å². The lowest BCUT2D eigenvalue weighted by Crippen LogP contribution is -2.36. The smallest absolute Gasteiger partial charge is 0.256 e. The van der Waals surface area contributed by atoms with Gasteiger partial charge in [-0.25, -0.2) is 0 Å². The highest BCUT2D eigenvalue weighted by Gasteiger charge is 2.36. The van der Waals surface area contributed by atoms with Crippen molar-refractivity contribution in [3.05, 3.63) is 65.2 Å². The third-order valence-corrected chi connectivity index (χ3v) is 5.99. The van der Waals surface area contributed by atoms with Crippen molar-refractivity contribution < 1.29 is 14.3 Å². The number of hydrogen-bond acceptors (Lipinski definition) is 4. The minimum absolute atomic E-state index is 0.00336. The summed E-state index contributed by atoms with van der Waals surface area (Å²) >= 11 is 0. The van der Waals surface area contributed by atoms with E-state index in [2.05, 4.69) is 10.6 Å². The predicted molar refractivity (Wildman–Crippen MR) is 116 cm³/mol. The monoisotopic (exact) mass is 407 g/mol. The van der Waals surface area contributed by atoms with Gasteiger partial charge in [-0.05, 0) is 43.2 Å². The van der Waals surface area contributed by atoms with E-state index >= 15 is 0 Å². The van der Waals surface area contributed by atoms with Crippen LogP contribution in [0.1, 0.15) is 64.5 Å². The summed E-state index contributed by atoms with van der Waals surface area (Å²) in [5.74, 6) is -0.0137. The van der Waals surface area contributed by atoms with E-state index in [4.69, 9.17) is 4.74 Å². The third-order valence-electron chi connectivity index (χ3n) is 5.99. The number of anilines is 1. The van der Waals surface area contributed by atoms with Gasteiger partial charge >= 0.3 is 0 Å². The van der Waals surface area contributed by atoms with Crippen LogP contribution in [-0.2, 0) is 4.74 Å². The molecule has 6 heteroatoms. The van der Waals surface area contributed by atoms with E-state index < -0.39 is 0 Å². The molecule has 4 rings (SSSR count). The van der Waals surface area contributed by atoms with Gasteiger partial charge in [-0.3, -0.25) is 9.59 Å². The van der Waals surface area contributed by atoms with E-state index in [0.717, 1.165) is 29.7 Å². The number of rotatable bonds is 7. The summed E-state index contributed by atoms with van der Waals surface area (Å²) in [6.45, 7) is 0.974. The summed E-state index contributed by atoms with van der Waals surface area (Å²) in [4.78, 5) is 27.2. The number of carbonyl (C=O) groups is 2. The first-order valence-corrected chi connectivity index (χ1v) is 10.7. The Morgan fingerprint density at radius 3 is 2.53 bits per heavy atom. The van der Waals surface area contributed by atoms with Crippen molar-refractivity contribution in [1.29, 1.82) is 0 Å². The molecule has 1 atom stereocenters. The van der Waals surface area contributed by atoms with Crippen LogP contribution in [0.15, 0.2) is 48.5 Å². The molecule has 1 heterocycles. The van der Waals surface area contributed by atoms with E-state index in [1.807, 2.05) is 48.5 Å². The van der Waals surface area contributed by atoms with E-state index in [0.29, 0.717) is 24.8 Å². The number of amides is 2. The second-order valence-corrected chi connectivity index (χ2v) is 8.01. The Kier molecular flexibility index (Phi) is 6.33. The topological polar surface area (TPSA) is 70.7 Å². The molecule has 2 amide bonds. The zero-order valence-electron chi connectivity index (χ0n) is 17.4. The summed E-state index contributed by atoms with van der Waals surface area (Å²) in [6, 6.07) is 15.4. The van der Waals surface area contributed by atoms with Crippen molar-refractivity contribution in [3.63, 3.8) is 0 Å². The lowest BCUT2D eigenvalue weighted by Gasteiger charge is -2.27. The van der Waals surface area contributed by atoms with Gasteiger partial charge in [0, 0.05) is 42.1 Å². The first kappa shape index (κ1) is 20.4. The predicted octanol–water partition coefficient (Wildman–Crippen LogP) is 3.96. The van der Waals surface area contributed by atoms with Crippen LogP contribution >= 0.6 is 0 Å². The van der Waals surface area contributed by atoms with Gasteiger partial charge in [-0.1, -0.05) is 37.5 Å². The number of nitrogens with one attached hydrogen (secondary N) is 2. The molecule has 2 aromatic carbocycles. The summed E-state index contributed by atoms with van der Waals surface area (Å²) in [5, 5.41) is 6.60. The lowest BCUT2D eigenvalue weighted by atomic mass is 9.95. The van der Waals surface area contributed by atoms with Gasteiger partial charge < -0.3 is 20.3 Å². The molecule has 2 aromatic rings. The average Bonchev–Trinajstić information content (AvgIpc) is 3.04. The molecule has 0 bridgehead atoms. The van der Waals surface area contributed by atoms with Crippen LogP contribution < -0.4 is 10.6 Å². The quantitative estimate of drug-likeness (QED) is 0.729. The molecule has 1 aliphatic heterocycles. The molecule has 2 N–H and O–H groups in total. The van der Waals surface area contributed by atoms with E-state index in [1.54, 1.807) is 12.0 Å². The summed E-state index contributed by atoms with van der Waals surface area (Å²) < 4.78 is 5.19. The first-order valence-electron chi connectivity index (χ1n) is 10.7. The molecular formula is C24H29N3O3. The first-order chi connectivity index (χ1) is 14.7. The Labute approximate surface area is 177 Å².